The third-order valence-corrected chi connectivity index (χ3v) is 4.71. The van der Waals surface area contributed by atoms with Gasteiger partial charge in [-0.25, -0.2) is 0 Å². The van der Waals surface area contributed by atoms with Crippen LogP contribution in [0.25, 0.3) is 11.1 Å². The van der Waals surface area contributed by atoms with E-state index in [1.165, 1.54) is 0 Å². The number of hydrogen-bond acceptors (Lipinski definition) is 2. The summed E-state index contributed by atoms with van der Waals surface area (Å²) >= 11 is 3.46. The Morgan fingerprint density at radius 3 is 2.31 bits per heavy atom. The van der Waals surface area contributed by atoms with Crippen molar-refractivity contribution in [1.82, 2.24) is 0 Å². The van der Waals surface area contributed by atoms with Crippen LogP contribution in [0.5, 0.6) is 11.5 Å². The van der Waals surface area contributed by atoms with Gasteiger partial charge in [-0.2, -0.15) is 0 Å². The minimum atomic E-state index is 0.545. The molecule has 134 valence electrons. The third kappa shape index (κ3) is 4.67. The molecule has 0 aromatic heterocycles. The lowest BCUT2D eigenvalue weighted by Gasteiger charge is -2.17. The van der Waals surface area contributed by atoms with Crippen LogP contribution in [-0.4, -0.2) is 11.9 Å². The summed E-state index contributed by atoms with van der Waals surface area (Å²) in [5, 5.41) is 0.936. The van der Waals surface area contributed by atoms with Crippen molar-refractivity contribution in [2.45, 2.75) is 20.0 Å². The van der Waals surface area contributed by atoms with Gasteiger partial charge in [0.15, 0.2) is 0 Å². The highest BCUT2D eigenvalue weighted by molar-refractivity contribution is 9.09. The molecule has 3 aromatic rings. The molecule has 0 aliphatic carbocycles. The number of aryl methyl sites for hydroxylation is 1. The lowest BCUT2D eigenvalue weighted by atomic mass is 10.0. The van der Waals surface area contributed by atoms with Crippen LogP contribution in [0.1, 0.15) is 17.5 Å². The third-order valence-electron chi connectivity index (χ3n) is 4.15. The van der Waals surface area contributed by atoms with Gasteiger partial charge in [-0.3, -0.25) is 0 Å². The second-order valence-corrected chi connectivity index (χ2v) is 6.91. The topological polar surface area (TPSA) is 18.5 Å². The Kier molecular flexibility index (Phi) is 6.73. The normalized spacial score (nSPS) is 10.5. The molecule has 0 bridgehead atoms. The highest BCUT2D eigenvalue weighted by atomic mass is 79.9. The summed E-state index contributed by atoms with van der Waals surface area (Å²) in [4.78, 5) is 0. The molecular weight excluding hydrogens is 388 g/mol. The number of para-hydroxylation sites is 2. The molecule has 0 atom stereocenters. The molecular formula is C23H23BrO2. The van der Waals surface area contributed by atoms with Crippen LogP contribution in [0.3, 0.4) is 0 Å². The predicted molar refractivity (Wildman–Crippen MR) is 111 cm³/mol. The SMILES string of the molecule is Cc1cccc(-c2ccccc2OCc2ccccc2)c1OCCCBr. The summed E-state index contributed by atoms with van der Waals surface area (Å²) in [7, 11) is 0. The van der Waals surface area contributed by atoms with E-state index in [0.717, 1.165) is 45.5 Å². The molecule has 0 fully saturated rings. The molecule has 0 saturated heterocycles. The number of hydrogen-bond donors (Lipinski definition) is 0. The first kappa shape index (κ1) is 18.5. The van der Waals surface area contributed by atoms with Crippen LogP contribution in [0.15, 0.2) is 72.8 Å². The maximum Gasteiger partial charge on any atom is 0.130 e. The second-order valence-electron chi connectivity index (χ2n) is 6.11. The molecule has 0 radical (unpaired) electrons. The summed E-state index contributed by atoms with van der Waals surface area (Å²) in [6, 6.07) is 24.6. The molecule has 0 amide bonds. The largest absolute Gasteiger partial charge is 0.493 e. The van der Waals surface area contributed by atoms with E-state index in [1.807, 2.05) is 36.4 Å². The standard InChI is InChI=1S/C23H23BrO2/c1-18-9-7-13-21(23(18)25-16-8-15-24)20-12-5-6-14-22(20)26-17-19-10-3-2-4-11-19/h2-7,9-14H,8,15-17H2,1H3. The molecule has 26 heavy (non-hydrogen) atoms. The van der Waals surface area contributed by atoms with Gasteiger partial charge in [0.2, 0.25) is 0 Å². The quantitative estimate of drug-likeness (QED) is 0.315. The van der Waals surface area contributed by atoms with Gasteiger partial charge in [0.05, 0.1) is 6.61 Å². The second kappa shape index (κ2) is 9.44. The predicted octanol–water partition coefficient (Wildman–Crippen LogP) is 6.40. The zero-order valence-electron chi connectivity index (χ0n) is 15.0. The molecule has 0 spiro atoms. The van der Waals surface area contributed by atoms with E-state index >= 15 is 0 Å². The van der Waals surface area contributed by atoms with Crippen molar-refractivity contribution < 1.29 is 9.47 Å². The van der Waals surface area contributed by atoms with Gasteiger partial charge in [0.1, 0.15) is 18.1 Å². The first-order chi connectivity index (χ1) is 12.8. The zero-order chi connectivity index (χ0) is 18.2. The van der Waals surface area contributed by atoms with Gasteiger partial charge in [-0.05, 0) is 30.5 Å². The highest BCUT2D eigenvalue weighted by Gasteiger charge is 2.13. The first-order valence-electron chi connectivity index (χ1n) is 8.84. The van der Waals surface area contributed by atoms with Crippen LogP contribution in [0, 0.1) is 6.92 Å². The van der Waals surface area contributed by atoms with E-state index in [4.69, 9.17) is 9.47 Å². The van der Waals surface area contributed by atoms with E-state index < -0.39 is 0 Å². The van der Waals surface area contributed by atoms with Crippen LogP contribution in [-0.2, 0) is 6.61 Å². The lowest BCUT2D eigenvalue weighted by Crippen LogP contribution is -2.02. The van der Waals surface area contributed by atoms with Crippen molar-refractivity contribution in [2.24, 2.45) is 0 Å². The number of benzene rings is 3. The monoisotopic (exact) mass is 410 g/mol. The fraction of sp³-hybridized carbons (Fsp3) is 0.217. The number of halogens is 1. The molecule has 3 rings (SSSR count). The summed E-state index contributed by atoms with van der Waals surface area (Å²) in [6.45, 7) is 3.32. The molecule has 0 aliphatic rings. The van der Waals surface area contributed by atoms with Crippen LogP contribution in [0.2, 0.25) is 0 Å². The van der Waals surface area contributed by atoms with Crippen molar-refractivity contribution in [2.75, 3.05) is 11.9 Å². The van der Waals surface area contributed by atoms with Crippen molar-refractivity contribution in [3.05, 3.63) is 83.9 Å². The minimum Gasteiger partial charge on any atom is -0.493 e. The van der Waals surface area contributed by atoms with E-state index in [9.17, 15) is 0 Å². The van der Waals surface area contributed by atoms with Crippen molar-refractivity contribution in [3.8, 4) is 22.6 Å². The Balaban J connectivity index is 1.88. The Hall–Kier alpha value is -2.26. The molecule has 3 heteroatoms. The molecule has 0 saturated carbocycles. The van der Waals surface area contributed by atoms with Crippen LogP contribution >= 0.6 is 15.9 Å². The number of rotatable bonds is 8. The van der Waals surface area contributed by atoms with Crippen molar-refractivity contribution >= 4 is 15.9 Å². The lowest BCUT2D eigenvalue weighted by molar-refractivity contribution is 0.306. The minimum absolute atomic E-state index is 0.545. The fourth-order valence-electron chi connectivity index (χ4n) is 2.84. The molecule has 0 unspecified atom stereocenters. The Bertz CT molecular complexity index is 831. The first-order valence-corrected chi connectivity index (χ1v) is 9.96. The zero-order valence-corrected chi connectivity index (χ0v) is 16.5. The maximum absolute atomic E-state index is 6.14. The van der Waals surface area contributed by atoms with Crippen LogP contribution in [0.4, 0.5) is 0 Å². The average molecular weight is 411 g/mol. The van der Waals surface area contributed by atoms with E-state index in [1.54, 1.807) is 0 Å². The summed E-state index contributed by atoms with van der Waals surface area (Å²) in [5.74, 6) is 1.80. The Morgan fingerprint density at radius 1 is 0.769 bits per heavy atom. The van der Waals surface area contributed by atoms with Crippen molar-refractivity contribution in [3.63, 3.8) is 0 Å². The van der Waals surface area contributed by atoms with E-state index in [2.05, 4.69) is 59.3 Å². The van der Waals surface area contributed by atoms with E-state index in [0.29, 0.717) is 13.2 Å². The molecule has 0 aliphatic heterocycles. The van der Waals surface area contributed by atoms with Gasteiger partial charge in [0.25, 0.3) is 0 Å². The van der Waals surface area contributed by atoms with Gasteiger partial charge >= 0.3 is 0 Å². The van der Waals surface area contributed by atoms with Gasteiger partial charge in [0, 0.05) is 16.5 Å². The summed E-state index contributed by atoms with van der Waals surface area (Å²) in [6.07, 6.45) is 0.972. The van der Waals surface area contributed by atoms with Crippen molar-refractivity contribution in [1.29, 1.82) is 0 Å². The molecule has 0 heterocycles. The van der Waals surface area contributed by atoms with Gasteiger partial charge in [-0.15, -0.1) is 0 Å². The Labute approximate surface area is 163 Å². The summed E-state index contributed by atoms with van der Waals surface area (Å²) in [5.41, 5.74) is 4.42. The van der Waals surface area contributed by atoms with Crippen LogP contribution < -0.4 is 9.47 Å². The van der Waals surface area contributed by atoms with Gasteiger partial charge in [-0.1, -0.05) is 82.7 Å². The number of ether oxygens (including phenoxy) is 2. The molecule has 2 nitrogen and oxygen atoms in total. The Morgan fingerprint density at radius 2 is 1.50 bits per heavy atom. The van der Waals surface area contributed by atoms with E-state index in [-0.39, 0.29) is 0 Å². The molecule has 3 aromatic carbocycles. The summed E-state index contributed by atoms with van der Waals surface area (Å²) < 4.78 is 12.2. The average Bonchev–Trinajstić information content (AvgIpc) is 2.69. The number of alkyl halides is 1. The maximum atomic E-state index is 6.14. The molecule has 0 N–H and O–H groups in total. The smallest absolute Gasteiger partial charge is 0.130 e. The highest BCUT2D eigenvalue weighted by Crippen LogP contribution is 2.38. The van der Waals surface area contributed by atoms with Gasteiger partial charge < -0.3 is 9.47 Å². The fourth-order valence-corrected chi connectivity index (χ4v) is 3.06.